The molecular weight excluding hydrogens is 412 g/mol. The number of fused-ring (bicyclic) bond motifs is 3. The van der Waals surface area contributed by atoms with Gasteiger partial charge < -0.3 is 34.6 Å². The van der Waals surface area contributed by atoms with Crippen LogP contribution in [0.2, 0.25) is 0 Å². The molecule has 0 spiro atoms. The second-order valence-electron chi connectivity index (χ2n) is 8.25. The largest absolute Gasteiger partial charge is 0.508 e. The maximum atomic E-state index is 10.8. The lowest BCUT2D eigenvalue weighted by Crippen LogP contribution is -2.13. The van der Waals surface area contributed by atoms with E-state index in [1.807, 2.05) is 6.07 Å². The Bertz CT molecular complexity index is 1190. The quantitative estimate of drug-likeness (QED) is 0.487. The van der Waals surface area contributed by atoms with Gasteiger partial charge in [0.25, 0.3) is 0 Å². The Morgan fingerprint density at radius 1 is 0.781 bits per heavy atom. The van der Waals surface area contributed by atoms with Crippen molar-refractivity contribution < 1.29 is 34.6 Å². The molecule has 1 aliphatic carbocycles. The fourth-order valence-electron chi connectivity index (χ4n) is 5.29. The van der Waals surface area contributed by atoms with E-state index in [0.717, 1.165) is 22.3 Å². The molecule has 1 fully saturated rings. The third-order valence-corrected chi connectivity index (χ3v) is 6.62. The van der Waals surface area contributed by atoms with Crippen molar-refractivity contribution in [3.8, 4) is 34.5 Å². The minimum absolute atomic E-state index is 0.0159. The highest BCUT2D eigenvalue weighted by Crippen LogP contribution is 2.62. The first-order valence-corrected chi connectivity index (χ1v) is 10.3. The van der Waals surface area contributed by atoms with Crippen LogP contribution in [0.25, 0.3) is 0 Å². The van der Waals surface area contributed by atoms with Crippen molar-refractivity contribution in [2.45, 2.75) is 17.9 Å². The molecule has 7 heteroatoms. The first-order chi connectivity index (χ1) is 15.4. The summed E-state index contributed by atoms with van der Waals surface area (Å²) in [7, 11) is 2.99. The monoisotopic (exact) mass is 436 g/mol. The Kier molecular flexibility index (Phi) is 4.78. The van der Waals surface area contributed by atoms with Gasteiger partial charge in [-0.3, -0.25) is 0 Å². The van der Waals surface area contributed by atoms with Gasteiger partial charge in [-0.1, -0.05) is 12.1 Å². The summed E-state index contributed by atoms with van der Waals surface area (Å²) >= 11 is 0. The van der Waals surface area contributed by atoms with Gasteiger partial charge in [0.2, 0.25) is 0 Å². The predicted molar refractivity (Wildman–Crippen MR) is 116 cm³/mol. The number of aromatic hydroxyl groups is 4. The number of benzene rings is 3. The lowest BCUT2D eigenvalue weighted by Gasteiger charge is -2.21. The molecule has 32 heavy (non-hydrogen) atoms. The van der Waals surface area contributed by atoms with Gasteiger partial charge in [-0.05, 0) is 47.0 Å². The fraction of sp³-hybridized carbons (Fsp3) is 0.280. The van der Waals surface area contributed by atoms with Gasteiger partial charge in [0.15, 0.2) is 23.0 Å². The molecule has 2 aliphatic rings. The lowest BCUT2D eigenvalue weighted by molar-refractivity contribution is 0.0988. The van der Waals surface area contributed by atoms with Gasteiger partial charge in [-0.2, -0.15) is 0 Å². The highest BCUT2D eigenvalue weighted by Gasteiger charge is 2.51. The summed E-state index contributed by atoms with van der Waals surface area (Å²) in [6.45, 7) is 0.432. The Morgan fingerprint density at radius 3 is 2.06 bits per heavy atom. The molecule has 3 aromatic rings. The molecule has 0 aromatic heterocycles. The normalized spacial score (nSPS) is 23.6. The molecule has 1 aliphatic heterocycles. The Hall–Kier alpha value is -3.58. The molecule has 0 bridgehead atoms. The van der Waals surface area contributed by atoms with Crippen LogP contribution in [0.5, 0.6) is 34.5 Å². The van der Waals surface area contributed by atoms with Gasteiger partial charge in [-0.15, -0.1) is 0 Å². The lowest BCUT2D eigenvalue weighted by atomic mass is 9.81. The first-order valence-electron chi connectivity index (χ1n) is 10.3. The van der Waals surface area contributed by atoms with Gasteiger partial charge in [-0.25, -0.2) is 0 Å². The number of phenolic OH excluding ortho intramolecular Hbond substituents is 4. The molecule has 166 valence electrons. The zero-order chi connectivity index (χ0) is 22.6. The maximum Gasteiger partial charge on any atom is 0.160 e. The average Bonchev–Trinajstić information content (AvgIpc) is 3.33. The molecule has 3 aromatic carbocycles. The second-order valence-corrected chi connectivity index (χ2v) is 8.25. The second kappa shape index (κ2) is 7.53. The van der Waals surface area contributed by atoms with Crippen molar-refractivity contribution in [1.82, 2.24) is 0 Å². The van der Waals surface area contributed by atoms with Crippen molar-refractivity contribution in [2.75, 3.05) is 20.8 Å². The Morgan fingerprint density at radius 2 is 1.41 bits per heavy atom. The smallest absolute Gasteiger partial charge is 0.160 e. The van der Waals surface area contributed by atoms with Crippen LogP contribution >= 0.6 is 0 Å². The standard InChI is InChI=1S/C25H24O7/c1-30-20-7-12(3-5-17(20)27)22-16-11-32-25(13-4-6-18(28)21(8-13)31-2)23(16)15-9-14(26)10-19(29)24(15)22/h3-10,16,22-23,25-29H,11H2,1-2H3. The zero-order valence-electron chi connectivity index (χ0n) is 17.6. The van der Waals surface area contributed by atoms with Crippen molar-refractivity contribution in [3.63, 3.8) is 0 Å². The van der Waals surface area contributed by atoms with Crippen LogP contribution in [0.1, 0.15) is 40.2 Å². The van der Waals surface area contributed by atoms with Crippen LogP contribution in [-0.4, -0.2) is 41.3 Å². The van der Waals surface area contributed by atoms with Crippen molar-refractivity contribution in [2.24, 2.45) is 5.92 Å². The predicted octanol–water partition coefficient (Wildman–Crippen LogP) is 4.14. The van der Waals surface area contributed by atoms with E-state index in [-0.39, 0.29) is 46.9 Å². The van der Waals surface area contributed by atoms with E-state index in [9.17, 15) is 20.4 Å². The van der Waals surface area contributed by atoms with Crippen LogP contribution in [0.3, 0.4) is 0 Å². The van der Waals surface area contributed by atoms with Gasteiger partial charge in [0, 0.05) is 29.4 Å². The van der Waals surface area contributed by atoms with Crippen LogP contribution in [0.15, 0.2) is 48.5 Å². The number of hydrogen-bond acceptors (Lipinski definition) is 7. The van der Waals surface area contributed by atoms with Crippen LogP contribution < -0.4 is 9.47 Å². The molecule has 7 nitrogen and oxygen atoms in total. The summed E-state index contributed by atoms with van der Waals surface area (Å²) < 4.78 is 16.8. The SMILES string of the molecule is COc1cc(C2OCC3C(c4ccc(O)c(OC)c4)c4c(O)cc(O)cc4C23)ccc1O. The zero-order valence-corrected chi connectivity index (χ0v) is 17.6. The van der Waals surface area contributed by atoms with E-state index >= 15 is 0 Å². The molecule has 1 saturated heterocycles. The van der Waals surface area contributed by atoms with Crippen LogP contribution in [0.4, 0.5) is 0 Å². The average molecular weight is 436 g/mol. The molecule has 0 radical (unpaired) electrons. The molecular formula is C25H24O7. The summed E-state index contributed by atoms with van der Waals surface area (Å²) in [4.78, 5) is 0. The number of rotatable bonds is 4. The van der Waals surface area contributed by atoms with E-state index in [2.05, 4.69) is 0 Å². The van der Waals surface area contributed by atoms with E-state index < -0.39 is 0 Å². The molecule has 1 heterocycles. The summed E-state index contributed by atoms with van der Waals surface area (Å²) in [5.41, 5.74) is 3.27. The van der Waals surface area contributed by atoms with Crippen molar-refractivity contribution in [1.29, 1.82) is 0 Å². The van der Waals surface area contributed by atoms with Crippen molar-refractivity contribution in [3.05, 3.63) is 70.8 Å². The molecule has 4 atom stereocenters. The highest BCUT2D eigenvalue weighted by molar-refractivity contribution is 5.59. The summed E-state index contributed by atoms with van der Waals surface area (Å²) in [5.74, 6) is 0.426. The topological polar surface area (TPSA) is 109 Å². The third kappa shape index (κ3) is 3.00. The first kappa shape index (κ1) is 20.3. The number of ether oxygens (including phenoxy) is 3. The molecule has 4 unspecified atom stereocenters. The summed E-state index contributed by atoms with van der Waals surface area (Å²) in [5, 5.41) is 41.1. The van der Waals surface area contributed by atoms with E-state index in [0.29, 0.717) is 18.1 Å². The number of methoxy groups -OCH3 is 2. The van der Waals surface area contributed by atoms with E-state index in [1.54, 1.807) is 36.4 Å². The van der Waals surface area contributed by atoms with Crippen LogP contribution in [-0.2, 0) is 4.74 Å². The molecule has 0 amide bonds. The fourth-order valence-corrected chi connectivity index (χ4v) is 5.29. The maximum absolute atomic E-state index is 10.8. The minimum atomic E-state index is -0.349. The van der Waals surface area contributed by atoms with Gasteiger partial charge >= 0.3 is 0 Å². The van der Waals surface area contributed by atoms with Gasteiger partial charge in [0.1, 0.15) is 11.5 Å². The Balaban J connectivity index is 1.65. The van der Waals surface area contributed by atoms with Crippen molar-refractivity contribution >= 4 is 0 Å². The van der Waals surface area contributed by atoms with E-state index in [1.165, 1.54) is 20.3 Å². The highest BCUT2D eigenvalue weighted by atomic mass is 16.5. The van der Waals surface area contributed by atoms with Crippen LogP contribution in [0, 0.1) is 5.92 Å². The van der Waals surface area contributed by atoms with Gasteiger partial charge in [0.05, 0.1) is 26.9 Å². The summed E-state index contributed by atoms with van der Waals surface area (Å²) in [6.07, 6.45) is -0.349. The minimum Gasteiger partial charge on any atom is -0.508 e. The number of hydrogen-bond donors (Lipinski definition) is 4. The molecule has 0 saturated carbocycles. The number of phenols is 4. The van der Waals surface area contributed by atoms with E-state index in [4.69, 9.17) is 14.2 Å². The summed E-state index contributed by atoms with van der Waals surface area (Å²) in [6, 6.07) is 13.3. The molecule has 5 rings (SSSR count). The Labute approximate surface area is 185 Å². The molecule has 4 N–H and O–H groups in total. The third-order valence-electron chi connectivity index (χ3n) is 6.62.